The third-order valence-electron chi connectivity index (χ3n) is 3.88. The number of rotatable bonds is 5. The lowest BCUT2D eigenvalue weighted by atomic mass is 10.0. The zero-order valence-electron chi connectivity index (χ0n) is 13.1. The lowest BCUT2D eigenvalue weighted by molar-refractivity contribution is -0.131. The summed E-state index contributed by atoms with van der Waals surface area (Å²) in [7, 11) is 0. The molecule has 21 heavy (non-hydrogen) atoms. The van der Waals surface area contributed by atoms with Gasteiger partial charge in [0, 0.05) is 18.6 Å². The summed E-state index contributed by atoms with van der Waals surface area (Å²) in [6.07, 6.45) is 3.44. The molecule has 6 nitrogen and oxygen atoms in total. The number of nitrogens with zero attached hydrogens (tertiary/aromatic N) is 4. The molecule has 118 valence electrons. The second-order valence-corrected chi connectivity index (χ2v) is 6.73. The molecule has 1 atom stereocenters. The highest BCUT2D eigenvalue weighted by Gasteiger charge is 2.24. The first-order valence-electron chi connectivity index (χ1n) is 7.60. The second kappa shape index (κ2) is 7.26. The Morgan fingerprint density at radius 1 is 1.43 bits per heavy atom. The maximum Gasteiger partial charge on any atom is 0.233 e. The summed E-state index contributed by atoms with van der Waals surface area (Å²) < 4.78 is 2.01. The molecule has 1 amide bonds. The summed E-state index contributed by atoms with van der Waals surface area (Å²) in [5.74, 6) is 1.38. The van der Waals surface area contributed by atoms with E-state index in [0.29, 0.717) is 18.3 Å². The highest BCUT2D eigenvalue weighted by Crippen LogP contribution is 2.23. The van der Waals surface area contributed by atoms with Crippen molar-refractivity contribution in [3.63, 3.8) is 0 Å². The average molecular weight is 311 g/mol. The number of amides is 1. The number of piperidine rings is 1. The number of hydrogen-bond donors (Lipinski definition) is 1. The SMILES string of the molecule is CC1CCCCN1C(=O)CSc1nnc(CN)n1C(C)C. The molecule has 0 radical (unpaired) electrons. The highest BCUT2D eigenvalue weighted by molar-refractivity contribution is 7.99. The fourth-order valence-corrected chi connectivity index (χ4v) is 3.71. The van der Waals surface area contributed by atoms with Crippen LogP contribution < -0.4 is 5.73 Å². The van der Waals surface area contributed by atoms with E-state index in [1.807, 2.05) is 9.47 Å². The van der Waals surface area contributed by atoms with E-state index in [2.05, 4.69) is 31.0 Å². The molecular formula is C14H25N5OS. The Morgan fingerprint density at radius 2 is 2.19 bits per heavy atom. The van der Waals surface area contributed by atoms with Crippen LogP contribution in [0.1, 0.15) is 51.9 Å². The number of carbonyl (C=O) groups is 1. The van der Waals surface area contributed by atoms with Crippen molar-refractivity contribution >= 4 is 17.7 Å². The van der Waals surface area contributed by atoms with E-state index in [0.717, 1.165) is 30.4 Å². The summed E-state index contributed by atoms with van der Waals surface area (Å²) in [6.45, 7) is 7.52. The zero-order chi connectivity index (χ0) is 15.4. The van der Waals surface area contributed by atoms with Crippen molar-refractivity contribution in [2.45, 2.75) is 63.8 Å². The van der Waals surface area contributed by atoms with E-state index in [1.165, 1.54) is 18.2 Å². The van der Waals surface area contributed by atoms with Gasteiger partial charge in [0.05, 0.1) is 12.3 Å². The number of likely N-dealkylation sites (tertiary alicyclic amines) is 1. The van der Waals surface area contributed by atoms with Crippen LogP contribution >= 0.6 is 11.8 Å². The van der Waals surface area contributed by atoms with Crippen LogP contribution in [-0.2, 0) is 11.3 Å². The minimum Gasteiger partial charge on any atom is -0.339 e. The van der Waals surface area contributed by atoms with Crippen LogP contribution in [0.2, 0.25) is 0 Å². The van der Waals surface area contributed by atoms with Gasteiger partial charge in [0.1, 0.15) is 5.82 Å². The van der Waals surface area contributed by atoms with Crippen molar-refractivity contribution in [2.24, 2.45) is 5.73 Å². The lowest BCUT2D eigenvalue weighted by Gasteiger charge is -2.33. The van der Waals surface area contributed by atoms with Crippen molar-refractivity contribution in [2.75, 3.05) is 12.3 Å². The van der Waals surface area contributed by atoms with Gasteiger partial charge in [-0.2, -0.15) is 0 Å². The lowest BCUT2D eigenvalue weighted by Crippen LogP contribution is -2.43. The van der Waals surface area contributed by atoms with E-state index in [1.54, 1.807) is 0 Å². The van der Waals surface area contributed by atoms with Crippen molar-refractivity contribution in [1.29, 1.82) is 0 Å². The average Bonchev–Trinajstić information content (AvgIpc) is 2.88. The van der Waals surface area contributed by atoms with E-state index in [9.17, 15) is 4.79 Å². The third kappa shape index (κ3) is 3.77. The molecule has 0 bridgehead atoms. The number of carbonyl (C=O) groups excluding carboxylic acids is 1. The molecule has 1 aromatic heterocycles. The molecule has 1 fully saturated rings. The molecule has 1 aromatic rings. The van der Waals surface area contributed by atoms with E-state index in [4.69, 9.17) is 5.73 Å². The predicted molar refractivity (Wildman–Crippen MR) is 84.0 cm³/mol. The Labute approximate surface area is 130 Å². The number of aromatic nitrogens is 3. The maximum absolute atomic E-state index is 12.4. The zero-order valence-corrected chi connectivity index (χ0v) is 13.9. The summed E-state index contributed by atoms with van der Waals surface area (Å²) in [6, 6.07) is 0.597. The molecule has 1 aliphatic heterocycles. The predicted octanol–water partition coefficient (Wildman–Crippen LogP) is 1.81. The summed E-state index contributed by atoms with van der Waals surface area (Å²) in [4.78, 5) is 14.4. The Kier molecular flexibility index (Phi) is 5.64. The molecular weight excluding hydrogens is 286 g/mol. The third-order valence-corrected chi connectivity index (χ3v) is 4.81. The van der Waals surface area contributed by atoms with Crippen LogP contribution in [0.4, 0.5) is 0 Å². The van der Waals surface area contributed by atoms with E-state index >= 15 is 0 Å². The molecule has 0 spiro atoms. The van der Waals surface area contributed by atoms with Crippen LogP contribution in [0.5, 0.6) is 0 Å². The van der Waals surface area contributed by atoms with Gasteiger partial charge < -0.3 is 15.2 Å². The molecule has 7 heteroatoms. The molecule has 0 aliphatic carbocycles. The first-order valence-corrected chi connectivity index (χ1v) is 8.59. The molecule has 1 aliphatic rings. The smallest absolute Gasteiger partial charge is 0.233 e. The largest absolute Gasteiger partial charge is 0.339 e. The van der Waals surface area contributed by atoms with Gasteiger partial charge in [-0.25, -0.2) is 0 Å². The molecule has 2 N–H and O–H groups in total. The van der Waals surface area contributed by atoms with Crippen molar-refractivity contribution in [3.8, 4) is 0 Å². The first-order chi connectivity index (χ1) is 10.0. The topological polar surface area (TPSA) is 77.0 Å². The Hall–Kier alpha value is -1.08. The van der Waals surface area contributed by atoms with Gasteiger partial charge in [-0.05, 0) is 40.0 Å². The minimum atomic E-state index is 0.194. The van der Waals surface area contributed by atoms with Gasteiger partial charge in [-0.15, -0.1) is 10.2 Å². The Bertz CT molecular complexity index is 488. The number of nitrogens with two attached hydrogens (primary N) is 1. The number of thioether (sulfide) groups is 1. The van der Waals surface area contributed by atoms with E-state index in [-0.39, 0.29) is 11.9 Å². The molecule has 2 rings (SSSR count). The highest BCUT2D eigenvalue weighted by atomic mass is 32.2. The van der Waals surface area contributed by atoms with Crippen LogP contribution in [0.15, 0.2) is 5.16 Å². The fraction of sp³-hybridized carbons (Fsp3) is 0.786. The second-order valence-electron chi connectivity index (χ2n) is 5.79. The van der Waals surface area contributed by atoms with Gasteiger partial charge >= 0.3 is 0 Å². The van der Waals surface area contributed by atoms with E-state index < -0.39 is 0 Å². The van der Waals surface area contributed by atoms with Crippen LogP contribution in [0, 0.1) is 0 Å². The summed E-state index contributed by atoms with van der Waals surface area (Å²) in [5.41, 5.74) is 5.69. The van der Waals surface area contributed by atoms with Crippen LogP contribution in [0.3, 0.4) is 0 Å². The molecule has 1 saturated heterocycles. The quantitative estimate of drug-likeness (QED) is 0.839. The van der Waals surface area contributed by atoms with Crippen molar-refractivity contribution in [3.05, 3.63) is 5.82 Å². The van der Waals surface area contributed by atoms with Gasteiger partial charge in [0.25, 0.3) is 0 Å². The standard InChI is InChI=1S/C14H25N5OS/c1-10(2)19-12(8-15)16-17-14(19)21-9-13(20)18-7-5-4-6-11(18)3/h10-11H,4-9,15H2,1-3H3. The fourth-order valence-electron chi connectivity index (χ4n) is 2.74. The maximum atomic E-state index is 12.4. The van der Waals surface area contributed by atoms with Gasteiger partial charge in [-0.1, -0.05) is 11.8 Å². The van der Waals surface area contributed by atoms with Crippen LogP contribution in [-0.4, -0.2) is 43.9 Å². The molecule has 2 heterocycles. The monoisotopic (exact) mass is 311 g/mol. The first kappa shape index (κ1) is 16.3. The Morgan fingerprint density at radius 3 is 2.81 bits per heavy atom. The summed E-state index contributed by atoms with van der Waals surface area (Å²) >= 11 is 1.46. The molecule has 0 saturated carbocycles. The normalized spacial score (nSPS) is 19.3. The van der Waals surface area contributed by atoms with Gasteiger partial charge in [0.15, 0.2) is 5.16 Å². The van der Waals surface area contributed by atoms with Crippen molar-refractivity contribution < 1.29 is 4.79 Å². The van der Waals surface area contributed by atoms with Gasteiger partial charge in [0.2, 0.25) is 5.91 Å². The molecule has 1 unspecified atom stereocenters. The van der Waals surface area contributed by atoms with Gasteiger partial charge in [-0.3, -0.25) is 4.79 Å². The van der Waals surface area contributed by atoms with Crippen LogP contribution in [0.25, 0.3) is 0 Å². The van der Waals surface area contributed by atoms with Crippen molar-refractivity contribution in [1.82, 2.24) is 19.7 Å². The number of hydrogen-bond acceptors (Lipinski definition) is 5. The minimum absolute atomic E-state index is 0.194. The Balaban J connectivity index is 1.99. The summed E-state index contributed by atoms with van der Waals surface area (Å²) in [5, 5.41) is 9.05. The molecule has 0 aromatic carbocycles.